The third-order valence-corrected chi connectivity index (χ3v) is 8.15. The summed E-state index contributed by atoms with van der Waals surface area (Å²) >= 11 is 3.31. The van der Waals surface area contributed by atoms with Crippen LogP contribution in [0.4, 0.5) is 0 Å². The number of halogens is 1. The molecule has 0 aliphatic heterocycles. The quantitative estimate of drug-likeness (QED) is 0.749. The lowest BCUT2D eigenvalue weighted by atomic mass is 9.70. The maximum absolute atomic E-state index is 13.3. The molecule has 1 saturated carbocycles. The average molecular weight is 437 g/mol. The second kappa shape index (κ2) is 7.53. The number of rotatable bonds is 5. The first kappa shape index (κ1) is 19.1. The zero-order valence-electron chi connectivity index (χ0n) is 14.3. The van der Waals surface area contributed by atoms with Crippen LogP contribution >= 0.6 is 15.9 Å². The predicted octanol–water partition coefficient (Wildman–Crippen LogP) is 4.48. The number of aliphatic carboxylic acids is 1. The Labute approximate surface area is 162 Å². The van der Waals surface area contributed by atoms with Gasteiger partial charge in [-0.3, -0.25) is 4.79 Å². The maximum Gasteiger partial charge on any atom is 0.311 e. The second-order valence-corrected chi connectivity index (χ2v) is 9.90. The molecule has 1 fully saturated rings. The van der Waals surface area contributed by atoms with Crippen LogP contribution in [0.15, 0.2) is 64.0 Å². The molecule has 1 aliphatic rings. The van der Waals surface area contributed by atoms with Crippen molar-refractivity contribution in [1.29, 1.82) is 0 Å². The van der Waals surface area contributed by atoms with Crippen LogP contribution in [0.1, 0.15) is 31.2 Å². The number of hydrogen-bond acceptors (Lipinski definition) is 3. The molecule has 1 aliphatic carbocycles. The Hall–Kier alpha value is -1.66. The van der Waals surface area contributed by atoms with Gasteiger partial charge < -0.3 is 5.11 Å². The average Bonchev–Trinajstić information content (AvgIpc) is 2.63. The van der Waals surface area contributed by atoms with Crippen molar-refractivity contribution in [3.05, 3.63) is 64.6 Å². The Balaban J connectivity index is 2.06. The molecule has 26 heavy (non-hydrogen) atoms. The first-order valence-electron chi connectivity index (χ1n) is 8.63. The fourth-order valence-corrected chi connectivity index (χ4v) is 6.41. The van der Waals surface area contributed by atoms with E-state index in [1.54, 1.807) is 24.3 Å². The highest BCUT2D eigenvalue weighted by molar-refractivity contribution is 9.10. The molecule has 0 spiro atoms. The molecular weight excluding hydrogens is 416 g/mol. The normalized spacial score (nSPS) is 23.5. The minimum Gasteiger partial charge on any atom is -0.481 e. The monoisotopic (exact) mass is 436 g/mol. The summed E-state index contributed by atoms with van der Waals surface area (Å²) in [4.78, 5) is 12.5. The minimum atomic E-state index is -3.75. The highest BCUT2D eigenvalue weighted by Crippen LogP contribution is 2.45. The molecule has 6 heteroatoms. The van der Waals surface area contributed by atoms with E-state index in [1.807, 2.05) is 30.3 Å². The van der Waals surface area contributed by atoms with E-state index < -0.39 is 26.5 Å². The minimum absolute atomic E-state index is 0.186. The zero-order chi connectivity index (χ0) is 18.8. The van der Waals surface area contributed by atoms with Crippen LogP contribution in [0.3, 0.4) is 0 Å². The summed E-state index contributed by atoms with van der Waals surface area (Å²) < 4.78 is 27.4. The van der Waals surface area contributed by atoms with Gasteiger partial charge in [0.2, 0.25) is 0 Å². The molecule has 0 heterocycles. The lowest BCUT2D eigenvalue weighted by Crippen LogP contribution is -2.50. The first-order valence-corrected chi connectivity index (χ1v) is 11.0. The molecule has 0 bridgehead atoms. The van der Waals surface area contributed by atoms with Crippen molar-refractivity contribution in [3.63, 3.8) is 0 Å². The fraction of sp³-hybridized carbons (Fsp3) is 0.350. The van der Waals surface area contributed by atoms with Gasteiger partial charge in [-0.25, -0.2) is 8.42 Å². The molecule has 1 N–H and O–H groups in total. The van der Waals surface area contributed by atoms with Crippen LogP contribution in [0, 0.1) is 5.41 Å². The van der Waals surface area contributed by atoms with Gasteiger partial charge in [0.05, 0.1) is 15.6 Å². The van der Waals surface area contributed by atoms with Crippen LogP contribution < -0.4 is 0 Å². The Kier molecular flexibility index (Phi) is 5.53. The molecule has 0 aromatic heterocycles. The van der Waals surface area contributed by atoms with Gasteiger partial charge in [-0.15, -0.1) is 0 Å². The largest absolute Gasteiger partial charge is 0.481 e. The molecular formula is C20H21BrO4S. The zero-order valence-corrected chi connectivity index (χ0v) is 16.7. The molecule has 2 aromatic carbocycles. The summed E-state index contributed by atoms with van der Waals surface area (Å²) in [6.45, 7) is 0. The van der Waals surface area contributed by atoms with Gasteiger partial charge in [0.25, 0.3) is 0 Å². The lowest BCUT2D eigenvalue weighted by Gasteiger charge is -2.40. The molecule has 0 amide bonds. The fourth-order valence-electron chi connectivity index (χ4n) is 3.93. The van der Waals surface area contributed by atoms with Crippen molar-refractivity contribution in [1.82, 2.24) is 0 Å². The van der Waals surface area contributed by atoms with E-state index in [1.165, 1.54) is 0 Å². The molecule has 138 valence electrons. The Morgan fingerprint density at radius 2 is 1.73 bits per heavy atom. The van der Waals surface area contributed by atoms with E-state index in [2.05, 4.69) is 15.9 Å². The maximum atomic E-state index is 13.3. The number of benzene rings is 2. The van der Waals surface area contributed by atoms with Crippen LogP contribution in [-0.4, -0.2) is 24.7 Å². The first-order chi connectivity index (χ1) is 12.4. The van der Waals surface area contributed by atoms with Gasteiger partial charge in [-0.05, 0) is 49.1 Å². The lowest BCUT2D eigenvalue weighted by molar-refractivity contribution is -0.150. The third-order valence-electron chi connectivity index (χ3n) is 5.26. The van der Waals surface area contributed by atoms with Gasteiger partial charge in [-0.2, -0.15) is 0 Å². The highest BCUT2D eigenvalue weighted by atomic mass is 79.9. The molecule has 2 atom stereocenters. The molecule has 2 unspecified atom stereocenters. The highest BCUT2D eigenvalue weighted by Gasteiger charge is 2.53. The van der Waals surface area contributed by atoms with Crippen molar-refractivity contribution in [2.45, 2.75) is 42.2 Å². The number of carboxylic acid groups (broad SMARTS) is 1. The summed E-state index contributed by atoms with van der Waals surface area (Å²) in [5.41, 5.74) is -0.446. The summed E-state index contributed by atoms with van der Waals surface area (Å²) in [6, 6.07) is 15.7. The van der Waals surface area contributed by atoms with E-state index in [9.17, 15) is 18.3 Å². The van der Waals surface area contributed by atoms with Crippen LogP contribution in [0.2, 0.25) is 0 Å². The summed E-state index contributed by atoms with van der Waals surface area (Å²) in [5, 5.41) is 9.17. The number of carboxylic acids is 1. The molecule has 0 radical (unpaired) electrons. The van der Waals surface area contributed by atoms with Crippen molar-refractivity contribution in [3.8, 4) is 0 Å². The van der Waals surface area contributed by atoms with Crippen LogP contribution in [0.25, 0.3) is 0 Å². The number of carbonyl (C=O) groups is 1. The molecule has 0 saturated heterocycles. The standard InChI is InChI=1S/C20H21BrO4S/c21-16-9-11-17(12-10-16)26(24,25)18-8-4-5-13-20(18,19(22)23)14-15-6-2-1-3-7-15/h1-3,6-7,9-12,18H,4-5,8,13-14H2,(H,22,23). The number of hydrogen-bond donors (Lipinski definition) is 1. The topological polar surface area (TPSA) is 71.4 Å². The van der Waals surface area contributed by atoms with Gasteiger partial charge >= 0.3 is 5.97 Å². The summed E-state index contributed by atoms with van der Waals surface area (Å²) in [5.74, 6) is -1.02. The van der Waals surface area contributed by atoms with E-state index in [4.69, 9.17) is 0 Å². The molecule has 2 aromatic rings. The second-order valence-electron chi connectivity index (χ2n) is 6.86. The molecule has 4 nitrogen and oxygen atoms in total. The smallest absolute Gasteiger partial charge is 0.311 e. The van der Waals surface area contributed by atoms with Crippen molar-refractivity contribution in [2.75, 3.05) is 0 Å². The van der Waals surface area contributed by atoms with Crippen molar-refractivity contribution >= 4 is 31.7 Å². The van der Waals surface area contributed by atoms with Crippen LogP contribution in [0.5, 0.6) is 0 Å². The SMILES string of the molecule is O=C(O)C1(Cc2ccccc2)CCCCC1S(=O)(=O)c1ccc(Br)cc1. The van der Waals surface area contributed by atoms with Gasteiger partial charge in [-0.1, -0.05) is 59.1 Å². The molecule has 3 rings (SSSR count). The Morgan fingerprint density at radius 1 is 1.08 bits per heavy atom. The van der Waals surface area contributed by atoms with Gasteiger partial charge in [0, 0.05) is 4.47 Å². The van der Waals surface area contributed by atoms with Gasteiger partial charge in [0.15, 0.2) is 9.84 Å². The summed E-state index contributed by atoms with van der Waals surface area (Å²) in [6.07, 6.45) is 2.43. The van der Waals surface area contributed by atoms with Crippen molar-refractivity contribution in [2.24, 2.45) is 5.41 Å². The van der Waals surface area contributed by atoms with E-state index in [-0.39, 0.29) is 11.3 Å². The van der Waals surface area contributed by atoms with E-state index in [0.29, 0.717) is 12.8 Å². The van der Waals surface area contributed by atoms with Crippen molar-refractivity contribution < 1.29 is 18.3 Å². The summed E-state index contributed by atoms with van der Waals surface area (Å²) in [7, 11) is -3.75. The Morgan fingerprint density at radius 3 is 2.35 bits per heavy atom. The predicted molar refractivity (Wildman–Crippen MR) is 104 cm³/mol. The van der Waals surface area contributed by atoms with E-state index in [0.717, 1.165) is 22.9 Å². The number of sulfone groups is 1. The van der Waals surface area contributed by atoms with Gasteiger partial charge in [0.1, 0.15) is 0 Å². The third kappa shape index (κ3) is 3.58. The van der Waals surface area contributed by atoms with E-state index >= 15 is 0 Å². The van der Waals surface area contributed by atoms with Crippen LogP contribution in [-0.2, 0) is 21.1 Å². The Bertz CT molecular complexity index is 878.